The van der Waals surface area contributed by atoms with E-state index in [4.69, 9.17) is 10.5 Å². The maximum absolute atomic E-state index is 12.1. The molecule has 0 atom stereocenters. The quantitative estimate of drug-likeness (QED) is 0.729. The molecule has 0 fully saturated rings. The number of ether oxygens (including phenoxy) is 1. The molecular weight excluding hydrogens is 306 g/mol. The molecule has 2 rings (SSSR count). The van der Waals surface area contributed by atoms with Gasteiger partial charge in [0.2, 0.25) is 5.91 Å². The summed E-state index contributed by atoms with van der Waals surface area (Å²) in [6, 6.07) is 14.0. The number of carbonyl (C=O) groups is 2. The highest BCUT2D eigenvalue weighted by atomic mass is 16.5. The predicted octanol–water partition coefficient (Wildman–Crippen LogP) is 2.62. The Hall–Kier alpha value is -3.02. The van der Waals surface area contributed by atoms with Gasteiger partial charge in [-0.3, -0.25) is 9.59 Å². The minimum Gasteiger partial charge on any atom is -0.491 e. The summed E-state index contributed by atoms with van der Waals surface area (Å²) in [7, 11) is 0. The molecule has 0 bridgehead atoms. The first kappa shape index (κ1) is 17.3. The van der Waals surface area contributed by atoms with Gasteiger partial charge in [-0.25, -0.2) is 0 Å². The van der Waals surface area contributed by atoms with Crippen LogP contribution in [0.15, 0.2) is 48.5 Å². The van der Waals surface area contributed by atoms with Crippen LogP contribution in [0.25, 0.3) is 0 Å². The molecule has 0 aromatic heterocycles. The summed E-state index contributed by atoms with van der Waals surface area (Å²) < 4.78 is 5.61. The van der Waals surface area contributed by atoms with Crippen molar-refractivity contribution in [2.75, 3.05) is 17.2 Å². The average Bonchev–Trinajstić information content (AvgIpc) is 2.53. The summed E-state index contributed by atoms with van der Waals surface area (Å²) in [5.74, 6) is -0.134. The number of hydrogen-bond donors (Lipinski definition) is 3. The fourth-order valence-corrected chi connectivity index (χ4v) is 2.14. The zero-order valence-electron chi connectivity index (χ0n) is 13.7. The predicted molar refractivity (Wildman–Crippen MR) is 94.3 cm³/mol. The lowest BCUT2D eigenvalue weighted by Gasteiger charge is -2.12. The Morgan fingerprint density at radius 3 is 2.58 bits per heavy atom. The van der Waals surface area contributed by atoms with Gasteiger partial charge in [0.05, 0.1) is 23.9 Å². The largest absolute Gasteiger partial charge is 0.491 e. The van der Waals surface area contributed by atoms with E-state index in [1.54, 1.807) is 24.3 Å². The lowest BCUT2D eigenvalue weighted by molar-refractivity contribution is -0.114. The third kappa shape index (κ3) is 5.01. The van der Waals surface area contributed by atoms with E-state index in [2.05, 4.69) is 10.6 Å². The average molecular weight is 327 g/mol. The molecule has 0 saturated heterocycles. The van der Waals surface area contributed by atoms with Crippen LogP contribution in [0.5, 0.6) is 5.75 Å². The maximum atomic E-state index is 12.1. The first-order valence-corrected chi connectivity index (χ1v) is 7.65. The summed E-state index contributed by atoms with van der Waals surface area (Å²) in [5.41, 5.74) is 6.73. The Balaban J connectivity index is 1.95. The first-order chi connectivity index (χ1) is 11.5. The Morgan fingerprint density at radius 2 is 1.88 bits per heavy atom. The lowest BCUT2D eigenvalue weighted by atomic mass is 10.1. The standard InChI is InChI=1S/C18H21N3O3/c1-12(2)24-14-7-5-6-13(10-14)20-11-17(22)21-16-9-4-3-8-15(16)18(19)23/h3-10,12,20H,11H2,1-2H3,(H2,19,23)(H,21,22). The second-order valence-corrected chi connectivity index (χ2v) is 5.51. The van der Waals surface area contributed by atoms with E-state index in [9.17, 15) is 9.59 Å². The molecule has 0 spiro atoms. The number of nitrogens with two attached hydrogens (primary N) is 1. The molecular formula is C18H21N3O3. The van der Waals surface area contributed by atoms with E-state index >= 15 is 0 Å². The van der Waals surface area contributed by atoms with Crippen molar-refractivity contribution < 1.29 is 14.3 Å². The highest BCUT2D eigenvalue weighted by Crippen LogP contribution is 2.18. The molecule has 126 valence electrons. The summed E-state index contributed by atoms with van der Waals surface area (Å²) in [6.07, 6.45) is 0.0776. The Labute approximate surface area is 141 Å². The van der Waals surface area contributed by atoms with E-state index in [1.807, 2.05) is 38.1 Å². The number of para-hydroxylation sites is 1. The summed E-state index contributed by atoms with van der Waals surface area (Å²) >= 11 is 0. The van der Waals surface area contributed by atoms with Gasteiger partial charge in [0, 0.05) is 11.8 Å². The molecule has 2 aromatic carbocycles. The second kappa shape index (κ2) is 8.01. The monoisotopic (exact) mass is 327 g/mol. The molecule has 0 heterocycles. The fraction of sp³-hybridized carbons (Fsp3) is 0.222. The van der Waals surface area contributed by atoms with Gasteiger partial charge in [0.25, 0.3) is 5.91 Å². The van der Waals surface area contributed by atoms with E-state index in [-0.39, 0.29) is 24.1 Å². The van der Waals surface area contributed by atoms with E-state index in [0.717, 1.165) is 11.4 Å². The molecule has 0 unspecified atom stereocenters. The zero-order valence-corrected chi connectivity index (χ0v) is 13.7. The number of carbonyl (C=O) groups excluding carboxylic acids is 2. The Bertz CT molecular complexity index is 729. The Morgan fingerprint density at radius 1 is 1.12 bits per heavy atom. The van der Waals surface area contributed by atoms with Crippen LogP contribution in [0, 0.1) is 0 Å². The molecule has 0 aliphatic rings. The SMILES string of the molecule is CC(C)Oc1cccc(NCC(=O)Nc2ccccc2C(N)=O)c1. The van der Waals surface area contributed by atoms with Gasteiger partial charge in [-0.2, -0.15) is 0 Å². The fourth-order valence-electron chi connectivity index (χ4n) is 2.14. The van der Waals surface area contributed by atoms with Gasteiger partial charge in [-0.05, 0) is 38.1 Å². The molecule has 0 aliphatic carbocycles. The van der Waals surface area contributed by atoms with Crippen molar-refractivity contribution >= 4 is 23.2 Å². The molecule has 0 aliphatic heterocycles. The van der Waals surface area contributed by atoms with E-state index in [1.165, 1.54) is 0 Å². The molecule has 6 nitrogen and oxygen atoms in total. The van der Waals surface area contributed by atoms with Crippen molar-refractivity contribution in [3.05, 3.63) is 54.1 Å². The van der Waals surface area contributed by atoms with Crippen LogP contribution in [0.3, 0.4) is 0 Å². The summed E-state index contributed by atoms with van der Waals surface area (Å²) in [4.78, 5) is 23.4. The summed E-state index contributed by atoms with van der Waals surface area (Å²) in [5, 5.41) is 5.69. The van der Waals surface area contributed by atoms with Crippen LogP contribution < -0.4 is 21.1 Å². The van der Waals surface area contributed by atoms with Crippen LogP contribution >= 0.6 is 0 Å². The minimum absolute atomic E-state index is 0.0538. The third-order valence-corrected chi connectivity index (χ3v) is 3.13. The highest BCUT2D eigenvalue weighted by molar-refractivity contribution is 6.03. The van der Waals surface area contributed by atoms with E-state index < -0.39 is 5.91 Å². The first-order valence-electron chi connectivity index (χ1n) is 7.65. The molecule has 2 amide bonds. The number of benzene rings is 2. The number of nitrogens with one attached hydrogen (secondary N) is 2. The normalized spacial score (nSPS) is 10.3. The van der Waals surface area contributed by atoms with Crippen LogP contribution in [-0.4, -0.2) is 24.5 Å². The number of anilines is 2. The second-order valence-electron chi connectivity index (χ2n) is 5.51. The third-order valence-electron chi connectivity index (χ3n) is 3.13. The van der Waals surface area contributed by atoms with Crippen LogP contribution in [0.1, 0.15) is 24.2 Å². The number of amides is 2. The van der Waals surface area contributed by atoms with Gasteiger partial charge in [-0.1, -0.05) is 18.2 Å². The van der Waals surface area contributed by atoms with Crippen molar-refractivity contribution in [1.29, 1.82) is 0 Å². The van der Waals surface area contributed by atoms with Crippen molar-refractivity contribution in [1.82, 2.24) is 0 Å². The van der Waals surface area contributed by atoms with Crippen molar-refractivity contribution in [2.45, 2.75) is 20.0 Å². The highest BCUT2D eigenvalue weighted by Gasteiger charge is 2.10. The lowest BCUT2D eigenvalue weighted by Crippen LogP contribution is -2.24. The molecule has 0 saturated carbocycles. The Kier molecular flexibility index (Phi) is 5.78. The number of rotatable bonds is 7. The van der Waals surface area contributed by atoms with Gasteiger partial charge in [0.1, 0.15) is 5.75 Å². The molecule has 24 heavy (non-hydrogen) atoms. The minimum atomic E-state index is -0.586. The topological polar surface area (TPSA) is 93.4 Å². The maximum Gasteiger partial charge on any atom is 0.250 e. The molecule has 4 N–H and O–H groups in total. The summed E-state index contributed by atoms with van der Waals surface area (Å²) in [6.45, 7) is 3.95. The van der Waals surface area contributed by atoms with Gasteiger partial charge in [-0.15, -0.1) is 0 Å². The van der Waals surface area contributed by atoms with Crippen LogP contribution in [-0.2, 0) is 4.79 Å². The van der Waals surface area contributed by atoms with Crippen LogP contribution in [0.2, 0.25) is 0 Å². The molecule has 0 radical (unpaired) electrons. The number of hydrogen-bond acceptors (Lipinski definition) is 4. The smallest absolute Gasteiger partial charge is 0.250 e. The van der Waals surface area contributed by atoms with Crippen molar-refractivity contribution in [3.8, 4) is 5.75 Å². The van der Waals surface area contributed by atoms with Crippen molar-refractivity contribution in [3.63, 3.8) is 0 Å². The van der Waals surface area contributed by atoms with Gasteiger partial charge < -0.3 is 21.1 Å². The molecule has 2 aromatic rings. The van der Waals surface area contributed by atoms with Gasteiger partial charge >= 0.3 is 0 Å². The van der Waals surface area contributed by atoms with E-state index in [0.29, 0.717) is 5.69 Å². The number of primary amides is 1. The zero-order chi connectivity index (χ0) is 17.5. The molecule has 6 heteroatoms. The van der Waals surface area contributed by atoms with Crippen LogP contribution in [0.4, 0.5) is 11.4 Å². The van der Waals surface area contributed by atoms with Crippen molar-refractivity contribution in [2.24, 2.45) is 5.73 Å². The van der Waals surface area contributed by atoms with Gasteiger partial charge in [0.15, 0.2) is 0 Å².